The molecule has 6 unspecified atom stereocenters. The van der Waals surface area contributed by atoms with Crippen molar-refractivity contribution in [2.45, 2.75) is 230 Å². The molecule has 0 spiro atoms. The number of carboxylic acids is 4. The van der Waals surface area contributed by atoms with E-state index < -0.39 is 161 Å². The summed E-state index contributed by atoms with van der Waals surface area (Å²) in [5.74, 6) is -26.2. The van der Waals surface area contributed by atoms with E-state index in [4.69, 9.17) is 51.5 Å². The largest absolute Gasteiger partial charge is 0.481 e. The number of hydrogen-bond acceptors (Lipinski definition) is 8. The van der Waals surface area contributed by atoms with Gasteiger partial charge in [-0.1, -0.05) is 244 Å². The average molecular weight is 1960 g/mol. The van der Waals surface area contributed by atoms with E-state index in [-0.39, 0.29) is 114 Å². The fraction of sp³-hybridized carbons (Fsp3) is 0.440. The fourth-order valence-electron chi connectivity index (χ4n) is 17.3. The molecule has 8 aromatic carbocycles. The number of amides is 4. The average Bonchev–Trinajstić information content (AvgIpc) is 1.48. The molecule has 13 atom stereocenters. The van der Waals surface area contributed by atoms with Gasteiger partial charge in [-0.25, -0.2) is 8.78 Å². The van der Waals surface area contributed by atoms with E-state index in [0.717, 1.165) is 101 Å². The summed E-state index contributed by atoms with van der Waals surface area (Å²) in [6.07, 6.45) is -12.2. The Balaban J connectivity index is 0.000000201. The van der Waals surface area contributed by atoms with Gasteiger partial charge in [0, 0.05) is 29.1 Å². The Labute approximate surface area is 787 Å². The molecule has 12 rings (SSSR count). The van der Waals surface area contributed by atoms with Gasteiger partial charge in [-0.2, -0.15) is 52.7 Å². The van der Waals surface area contributed by atoms with E-state index >= 15 is 0 Å². The van der Waals surface area contributed by atoms with Gasteiger partial charge in [0.1, 0.15) is 0 Å². The van der Waals surface area contributed by atoms with Crippen molar-refractivity contribution in [2.24, 2.45) is 47.3 Å². The Kier molecular flexibility index (Phi) is 35.4. The molecular weight excluding hydrogens is 1860 g/mol. The highest BCUT2D eigenvalue weighted by molar-refractivity contribution is 6.35. The van der Waals surface area contributed by atoms with Crippen LogP contribution >= 0.6 is 46.4 Å². The van der Waals surface area contributed by atoms with Gasteiger partial charge in [0.15, 0.2) is 0 Å². The number of carbonyl (C=O) groups is 8. The molecule has 8 N–H and O–H groups in total. The zero-order valence-corrected chi connectivity index (χ0v) is 77.8. The van der Waals surface area contributed by atoms with Gasteiger partial charge in [0.25, 0.3) is 5.92 Å². The Morgan fingerprint density at radius 3 is 0.813 bits per heavy atom. The van der Waals surface area contributed by atoms with Gasteiger partial charge in [-0.3, -0.25) is 38.4 Å². The van der Waals surface area contributed by atoms with Gasteiger partial charge in [0.2, 0.25) is 23.6 Å². The number of halogens is 18. The number of rotatable bonds is 32. The second-order valence-electron chi connectivity index (χ2n) is 36.2. The minimum atomic E-state index is -4.66. The lowest BCUT2D eigenvalue weighted by atomic mass is 9.61. The van der Waals surface area contributed by atoms with Crippen molar-refractivity contribution < 1.29 is 120 Å². The van der Waals surface area contributed by atoms with Crippen LogP contribution in [0, 0.1) is 75.0 Å². The van der Waals surface area contributed by atoms with Gasteiger partial charge in [-0.15, -0.1) is 0 Å². The number of alkyl halides is 14. The molecule has 0 bridgehead atoms. The Hall–Kier alpha value is -10.3. The summed E-state index contributed by atoms with van der Waals surface area (Å²) in [5.41, 5.74) is 5.73. The molecule has 4 aliphatic carbocycles. The maximum absolute atomic E-state index is 13.7. The van der Waals surface area contributed by atoms with Crippen LogP contribution in [0.3, 0.4) is 0 Å². The standard InChI is InChI=1S/C26H29ClF3NO3.2C25H27ClF3NO3.C24H23ClF5NO3/c1-15-7-9-17(10-8-15)23(16(2)26(28,29)30)24(34)31-21-13-19(11-12-20(21)27)25(3,14-22(32)33)18-5-4-6-18;1-14-4-6-16(7-5-14)22(15(2)25(27,28)29)23(33)30-20-12-18(10-11-19(20)26)24(3,13-21(31)32)17-8-9-17;1-14-6-8-17(9-7-14)23(15(2)25(27,28)29)24(33)30-21-12-18(10-11-20(21)26)19(13-22(31)32)16-4-3-5-16;1-12-3-5-14(6-4-12)21(13(2)24(28,29)30)22(34)31-19-9-15(7-8-18(19)25)16(10-20(32)33)17-11-23(17,26)27/h7-13,16,18,23H,4-6,14H2,1-3H3,(H,31,34)(H,32,33);4-7,10-12,15,17,22H,8-9,13H2,1-3H3,(H,30,33)(H,31,32);6-12,15-16,19,23H,3-5,13H2,1-2H3,(H,30,33)(H,31,32);3-9,13,16-17,21H,10-11H2,1-2H3,(H,31,34)(H,32,33)/t16-,23+,25?;15-,22+,24?;15-,19?,23+;13-,16?,17?,21?/m1111/s1. The first-order valence-electron chi connectivity index (χ1n) is 43.5. The van der Waals surface area contributed by atoms with E-state index in [0.29, 0.717) is 16.7 Å². The Bertz CT molecular complexity index is 5500. The van der Waals surface area contributed by atoms with E-state index in [1.54, 1.807) is 110 Å². The molecule has 4 fully saturated rings. The molecule has 4 aliphatic rings. The first-order valence-corrected chi connectivity index (χ1v) is 45.0. The van der Waals surface area contributed by atoms with Crippen LogP contribution in [0.25, 0.3) is 0 Å². The van der Waals surface area contributed by atoms with Gasteiger partial charge in [-0.05, 0) is 183 Å². The zero-order valence-electron chi connectivity index (χ0n) is 74.8. The monoisotopic (exact) mass is 1960 g/mol. The second kappa shape index (κ2) is 44.2. The van der Waals surface area contributed by atoms with Crippen molar-refractivity contribution in [3.63, 3.8) is 0 Å². The van der Waals surface area contributed by atoms with Gasteiger partial charge < -0.3 is 41.7 Å². The number of carbonyl (C=O) groups excluding carboxylic acids is 4. The second-order valence-corrected chi connectivity index (χ2v) is 37.9. The molecule has 134 heavy (non-hydrogen) atoms. The first-order chi connectivity index (χ1) is 62.3. The maximum Gasteiger partial charge on any atom is 0.392 e. The van der Waals surface area contributed by atoms with Gasteiger partial charge >= 0.3 is 48.6 Å². The minimum absolute atomic E-state index is 0.0175. The number of aryl methyl sites for hydroxylation is 4. The van der Waals surface area contributed by atoms with Crippen molar-refractivity contribution in [2.75, 3.05) is 21.3 Å². The number of anilines is 4. The third-order valence-electron chi connectivity index (χ3n) is 26.5. The Morgan fingerprint density at radius 1 is 0.351 bits per heavy atom. The molecule has 0 aliphatic heterocycles. The van der Waals surface area contributed by atoms with E-state index in [9.17, 15) is 115 Å². The molecule has 16 nitrogen and oxygen atoms in total. The quantitative estimate of drug-likeness (QED) is 0.0183. The summed E-state index contributed by atoms with van der Waals surface area (Å²) in [7, 11) is 0. The summed E-state index contributed by atoms with van der Waals surface area (Å²) in [4.78, 5) is 98.3. The Morgan fingerprint density at radius 2 is 0.590 bits per heavy atom. The van der Waals surface area contributed by atoms with Crippen LogP contribution in [0.2, 0.25) is 20.1 Å². The van der Waals surface area contributed by atoms with Crippen molar-refractivity contribution in [3.8, 4) is 0 Å². The molecule has 4 saturated carbocycles. The first kappa shape index (κ1) is 107. The lowest BCUT2D eigenvalue weighted by Crippen LogP contribution is -2.38. The number of carboxylic acid groups (broad SMARTS) is 4. The molecule has 0 heterocycles. The smallest absolute Gasteiger partial charge is 0.392 e. The van der Waals surface area contributed by atoms with E-state index in [2.05, 4.69) is 21.3 Å². The highest BCUT2D eigenvalue weighted by Crippen LogP contribution is 2.58. The predicted octanol–water partition coefficient (Wildman–Crippen LogP) is 27.5. The predicted molar refractivity (Wildman–Crippen MR) is 487 cm³/mol. The van der Waals surface area contributed by atoms with Crippen LogP contribution in [0.1, 0.15) is 227 Å². The van der Waals surface area contributed by atoms with Crippen LogP contribution in [0.4, 0.5) is 84.2 Å². The molecule has 8 aromatic rings. The van der Waals surface area contributed by atoms with Gasteiger partial charge in [0.05, 0.1) is 116 Å². The molecular formula is C100H106Cl4F14N4O12. The SMILES string of the molecule is Cc1ccc(C(C(=O)Nc2cc(C(CC(=O)O)C3CC3(F)F)ccc2Cl)[C@@H](C)C(F)(F)F)cc1.Cc1ccc([C@@H](C(=O)Nc2cc(C(C)(CC(=O)O)C3CC3)ccc2Cl)[C@@H](C)C(F)(F)F)cc1.Cc1ccc([C@@H](C(=O)Nc2cc(C(C)(CC(=O)O)C3CCC3)ccc2Cl)[C@@H](C)C(F)(F)F)cc1.Cc1ccc([C@@H](C(=O)Nc2cc(C(CC(=O)O)C3CCC3)ccc2Cl)[C@@H](C)C(F)(F)F)cc1. The highest BCUT2D eigenvalue weighted by Gasteiger charge is 2.61. The van der Waals surface area contributed by atoms with Crippen molar-refractivity contribution in [3.05, 3.63) is 257 Å². The molecule has 4 amide bonds. The summed E-state index contributed by atoms with van der Waals surface area (Å²) in [5, 5.41) is 48.1. The van der Waals surface area contributed by atoms with Crippen LogP contribution in [-0.2, 0) is 49.2 Å². The molecule has 0 saturated heterocycles. The summed E-state index contributed by atoms with van der Waals surface area (Å²) < 4.78 is 191. The lowest BCUT2D eigenvalue weighted by Gasteiger charge is -2.43. The molecule has 724 valence electrons. The maximum atomic E-state index is 13.7. The number of nitrogens with one attached hydrogen (secondary N) is 4. The lowest BCUT2D eigenvalue weighted by molar-refractivity contribution is -0.178. The normalized spacial score (nSPS) is 18.1. The minimum Gasteiger partial charge on any atom is -0.481 e. The highest BCUT2D eigenvalue weighted by atomic mass is 35.5. The van der Waals surface area contributed by atoms with E-state index in [1.807, 2.05) is 34.6 Å². The van der Waals surface area contributed by atoms with Crippen LogP contribution in [-0.4, -0.2) is 98.6 Å². The van der Waals surface area contributed by atoms with Crippen LogP contribution in [0.5, 0.6) is 0 Å². The molecule has 0 radical (unpaired) electrons. The van der Waals surface area contributed by atoms with Crippen LogP contribution in [0.15, 0.2) is 170 Å². The molecule has 34 heteroatoms. The van der Waals surface area contributed by atoms with Crippen molar-refractivity contribution >= 4 is 117 Å². The number of aliphatic carboxylic acids is 4. The summed E-state index contributed by atoms with van der Waals surface area (Å²) >= 11 is 25.0. The fourth-order valence-corrected chi connectivity index (χ4v) is 18.0. The third-order valence-corrected chi connectivity index (χ3v) is 27.8. The summed E-state index contributed by atoms with van der Waals surface area (Å²) in [6, 6.07) is 43.8. The summed E-state index contributed by atoms with van der Waals surface area (Å²) in [6.45, 7) is 14.8. The topological polar surface area (TPSA) is 266 Å². The zero-order chi connectivity index (χ0) is 99.6. The molecule has 0 aromatic heterocycles. The number of hydrogen-bond donors (Lipinski definition) is 8. The third kappa shape index (κ3) is 28.0. The number of benzene rings is 8. The van der Waals surface area contributed by atoms with Crippen molar-refractivity contribution in [1.29, 1.82) is 0 Å². The van der Waals surface area contributed by atoms with E-state index in [1.165, 1.54) is 66.7 Å². The van der Waals surface area contributed by atoms with Crippen molar-refractivity contribution in [1.82, 2.24) is 0 Å². The van der Waals surface area contributed by atoms with Crippen LogP contribution < -0.4 is 21.3 Å².